The smallest absolute Gasteiger partial charge is 0.271 e. The number of aromatic nitrogens is 4. The first kappa shape index (κ1) is 12.9. The second-order valence-corrected chi connectivity index (χ2v) is 5.38. The molecule has 6 nitrogen and oxygen atoms in total. The van der Waals surface area contributed by atoms with Crippen LogP contribution in [0.1, 0.15) is 40.8 Å². The molecule has 2 aromatic heterocycles. The van der Waals surface area contributed by atoms with Gasteiger partial charge in [0.2, 0.25) is 0 Å². The van der Waals surface area contributed by atoms with E-state index in [0.29, 0.717) is 12.2 Å². The Morgan fingerprint density at radius 3 is 2.95 bits per heavy atom. The molecule has 3 heterocycles. The molecule has 20 heavy (non-hydrogen) atoms. The fourth-order valence-corrected chi connectivity index (χ4v) is 2.90. The molecule has 0 aliphatic carbocycles. The summed E-state index contributed by atoms with van der Waals surface area (Å²) in [6.45, 7) is 5.57. The molecule has 1 amide bonds. The molecule has 1 aliphatic heterocycles. The van der Waals surface area contributed by atoms with Gasteiger partial charge in [-0.1, -0.05) is 0 Å². The standard InChI is InChI=1S/C14H19N5O/c1-10-6-11(2)19(17-10)12-4-3-5-18(8-12)14(20)13-7-15-9-16-13/h6-7,9,12H,3-5,8H2,1-2H3,(H,15,16)/t12-/m0/s1. The van der Waals surface area contributed by atoms with Crippen LogP contribution in [0.2, 0.25) is 0 Å². The summed E-state index contributed by atoms with van der Waals surface area (Å²) in [6, 6.07) is 2.35. The summed E-state index contributed by atoms with van der Waals surface area (Å²) in [5, 5.41) is 4.55. The van der Waals surface area contributed by atoms with Crippen LogP contribution in [0, 0.1) is 13.8 Å². The van der Waals surface area contributed by atoms with Gasteiger partial charge in [-0.15, -0.1) is 0 Å². The molecule has 0 aromatic carbocycles. The van der Waals surface area contributed by atoms with Gasteiger partial charge in [0.15, 0.2) is 0 Å². The topological polar surface area (TPSA) is 66.8 Å². The van der Waals surface area contributed by atoms with Gasteiger partial charge in [0.05, 0.1) is 24.3 Å². The average molecular weight is 273 g/mol. The Morgan fingerprint density at radius 1 is 1.45 bits per heavy atom. The first-order chi connectivity index (χ1) is 9.65. The molecule has 0 spiro atoms. The molecule has 0 radical (unpaired) electrons. The van der Waals surface area contributed by atoms with Crippen LogP contribution in [0.4, 0.5) is 0 Å². The molecular formula is C14H19N5O. The third-order valence-electron chi connectivity index (χ3n) is 3.80. The van der Waals surface area contributed by atoms with E-state index in [4.69, 9.17) is 0 Å². The number of rotatable bonds is 2. The van der Waals surface area contributed by atoms with Gasteiger partial charge >= 0.3 is 0 Å². The van der Waals surface area contributed by atoms with Gasteiger partial charge in [0, 0.05) is 18.8 Å². The molecule has 3 rings (SSSR count). The largest absolute Gasteiger partial charge is 0.341 e. The Balaban J connectivity index is 1.77. The van der Waals surface area contributed by atoms with Crippen molar-refractivity contribution in [2.45, 2.75) is 32.7 Å². The van der Waals surface area contributed by atoms with Crippen LogP contribution < -0.4 is 0 Å². The van der Waals surface area contributed by atoms with Crippen molar-refractivity contribution in [2.75, 3.05) is 13.1 Å². The van der Waals surface area contributed by atoms with Gasteiger partial charge < -0.3 is 9.88 Å². The molecule has 0 bridgehead atoms. The maximum atomic E-state index is 12.4. The highest BCUT2D eigenvalue weighted by Gasteiger charge is 2.27. The van der Waals surface area contributed by atoms with Gasteiger partial charge in [-0.3, -0.25) is 9.48 Å². The van der Waals surface area contributed by atoms with Crippen LogP contribution in [-0.2, 0) is 0 Å². The van der Waals surface area contributed by atoms with Gasteiger partial charge in [-0.25, -0.2) is 4.98 Å². The fraction of sp³-hybridized carbons (Fsp3) is 0.500. The summed E-state index contributed by atoms with van der Waals surface area (Å²) in [7, 11) is 0. The van der Waals surface area contributed by atoms with Crippen molar-refractivity contribution in [1.82, 2.24) is 24.6 Å². The molecule has 1 fully saturated rings. The Morgan fingerprint density at radius 2 is 2.30 bits per heavy atom. The molecule has 2 aromatic rings. The quantitative estimate of drug-likeness (QED) is 0.905. The lowest BCUT2D eigenvalue weighted by Crippen LogP contribution is -2.41. The lowest BCUT2D eigenvalue weighted by Gasteiger charge is -2.33. The number of carbonyl (C=O) groups excluding carboxylic acids is 1. The van der Waals surface area contributed by atoms with Gasteiger partial charge in [-0.05, 0) is 32.8 Å². The van der Waals surface area contributed by atoms with Crippen LogP contribution in [0.15, 0.2) is 18.6 Å². The lowest BCUT2D eigenvalue weighted by atomic mass is 10.1. The predicted octanol–water partition coefficient (Wildman–Crippen LogP) is 1.70. The lowest BCUT2D eigenvalue weighted by molar-refractivity contribution is 0.0666. The van der Waals surface area contributed by atoms with Crippen molar-refractivity contribution in [2.24, 2.45) is 0 Å². The van der Waals surface area contributed by atoms with E-state index in [1.165, 1.54) is 6.33 Å². The number of hydrogen-bond donors (Lipinski definition) is 1. The van der Waals surface area contributed by atoms with Gasteiger partial charge in [0.1, 0.15) is 5.69 Å². The van der Waals surface area contributed by atoms with E-state index in [9.17, 15) is 4.79 Å². The van der Waals surface area contributed by atoms with E-state index in [2.05, 4.69) is 32.7 Å². The summed E-state index contributed by atoms with van der Waals surface area (Å²) >= 11 is 0. The number of piperidine rings is 1. The van der Waals surface area contributed by atoms with Gasteiger partial charge in [-0.2, -0.15) is 5.10 Å². The summed E-state index contributed by atoms with van der Waals surface area (Å²) in [6.07, 6.45) is 5.18. The molecule has 1 saturated heterocycles. The monoisotopic (exact) mass is 273 g/mol. The highest BCUT2D eigenvalue weighted by Crippen LogP contribution is 2.23. The van der Waals surface area contributed by atoms with Crippen molar-refractivity contribution in [1.29, 1.82) is 0 Å². The second kappa shape index (κ2) is 5.11. The second-order valence-electron chi connectivity index (χ2n) is 5.38. The van der Waals surface area contributed by atoms with Crippen molar-refractivity contribution in [3.05, 3.63) is 35.7 Å². The SMILES string of the molecule is Cc1cc(C)n([C@H]2CCCN(C(=O)c3cnc[nH]3)C2)n1. The highest BCUT2D eigenvalue weighted by atomic mass is 16.2. The minimum absolute atomic E-state index is 0.0220. The Hall–Kier alpha value is -2.11. The molecule has 0 saturated carbocycles. The van der Waals surface area contributed by atoms with E-state index in [0.717, 1.165) is 30.8 Å². The van der Waals surface area contributed by atoms with E-state index in [-0.39, 0.29) is 11.9 Å². The zero-order valence-corrected chi connectivity index (χ0v) is 11.8. The Kier molecular flexibility index (Phi) is 3.30. The van der Waals surface area contributed by atoms with Gasteiger partial charge in [0.25, 0.3) is 5.91 Å². The minimum atomic E-state index is 0.0220. The highest BCUT2D eigenvalue weighted by molar-refractivity contribution is 5.92. The average Bonchev–Trinajstić information content (AvgIpc) is 3.08. The number of nitrogens with zero attached hydrogens (tertiary/aromatic N) is 4. The maximum Gasteiger partial charge on any atom is 0.271 e. The molecule has 6 heteroatoms. The van der Waals surface area contributed by atoms with Crippen molar-refractivity contribution in [3.63, 3.8) is 0 Å². The molecule has 0 unspecified atom stereocenters. The molecule has 1 N–H and O–H groups in total. The number of aromatic amines is 1. The molecule has 1 atom stereocenters. The maximum absolute atomic E-state index is 12.4. The zero-order chi connectivity index (χ0) is 14.1. The Labute approximate surface area is 117 Å². The Bertz CT molecular complexity index is 601. The predicted molar refractivity (Wildman–Crippen MR) is 74.5 cm³/mol. The molecule has 1 aliphatic rings. The number of carbonyl (C=O) groups is 1. The summed E-state index contributed by atoms with van der Waals surface area (Å²) < 4.78 is 2.06. The van der Waals surface area contributed by atoms with Crippen LogP contribution >= 0.6 is 0 Å². The number of nitrogens with one attached hydrogen (secondary N) is 1. The number of aryl methyl sites for hydroxylation is 2. The third kappa shape index (κ3) is 2.33. The van der Waals surface area contributed by atoms with E-state index >= 15 is 0 Å². The number of H-pyrrole nitrogens is 1. The summed E-state index contributed by atoms with van der Waals surface area (Å²) in [5.41, 5.74) is 2.74. The first-order valence-corrected chi connectivity index (χ1v) is 6.95. The third-order valence-corrected chi connectivity index (χ3v) is 3.80. The minimum Gasteiger partial charge on any atom is -0.341 e. The first-order valence-electron chi connectivity index (χ1n) is 6.95. The van der Waals surface area contributed by atoms with Crippen molar-refractivity contribution >= 4 is 5.91 Å². The van der Waals surface area contributed by atoms with Crippen molar-refractivity contribution in [3.8, 4) is 0 Å². The molecule has 106 valence electrons. The fourth-order valence-electron chi connectivity index (χ4n) is 2.90. The van der Waals surface area contributed by atoms with Crippen LogP contribution in [0.25, 0.3) is 0 Å². The van der Waals surface area contributed by atoms with E-state index < -0.39 is 0 Å². The number of amides is 1. The van der Waals surface area contributed by atoms with Crippen LogP contribution in [0.5, 0.6) is 0 Å². The number of hydrogen-bond acceptors (Lipinski definition) is 3. The number of likely N-dealkylation sites (tertiary alicyclic amines) is 1. The normalized spacial score (nSPS) is 19.3. The van der Waals surface area contributed by atoms with E-state index in [1.807, 2.05) is 11.8 Å². The molecular weight excluding hydrogens is 254 g/mol. The van der Waals surface area contributed by atoms with E-state index in [1.54, 1.807) is 6.20 Å². The summed E-state index contributed by atoms with van der Waals surface area (Å²) in [5.74, 6) is 0.0220. The van der Waals surface area contributed by atoms with Crippen LogP contribution in [0.3, 0.4) is 0 Å². The van der Waals surface area contributed by atoms with Crippen molar-refractivity contribution < 1.29 is 4.79 Å². The summed E-state index contributed by atoms with van der Waals surface area (Å²) in [4.78, 5) is 21.0. The zero-order valence-electron chi connectivity index (χ0n) is 11.8. The van der Waals surface area contributed by atoms with Crippen LogP contribution in [-0.4, -0.2) is 43.6 Å². The number of imidazole rings is 1.